The molecule has 3 aromatic rings. The van der Waals surface area contributed by atoms with Crippen molar-refractivity contribution >= 4 is 22.9 Å². The standard InChI is InChI=1S/C22H24FN3O3S/c1-3-26(13-21(27)25-19-6-4-5-7-20(19)28-2)12-17-15-30-22(24-17)14-29-18-10-8-16(23)9-11-18/h4-11,15H,3,12-14H2,1-2H3,(H,25,27). The maximum atomic E-state index is 13.0. The highest BCUT2D eigenvalue weighted by atomic mass is 32.1. The van der Waals surface area contributed by atoms with Crippen molar-refractivity contribution in [2.75, 3.05) is 25.5 Å². The first kappa shape index (κ1) is 21.7. The number of carbonyl (C=O) groups is 1. The van der Waals surface area contributed by atoms with Crippen LogP contribution in [-0.4, -0.2) is 36.0 Å². The number of likely N-dealkylation sites (N-methyl/N-ethyl adjacent to an activating group) is 1. The van der Waals surface area contributed by atoms with Gasteiger partial charge < -0.3 is 14.8 Å². The van der Waals surface area contributed by atoms with Gasteiger partial charge in [0.05, 0.1) is 25.0 Å². The first-order valence-electron chi connectivity index (χ1n) is 9.54. The third-order valence-electron chi connectivity index (χ3n) is 4.36. The van der Waals surface area contributed by atoms with Crippen molar-refractivity contribution in [3.8, 4) is 11.5 Å². The average molecular weight is 430 g/mol. The fourth-order valence-corrected chi connectivity index (χ4v) is 3.51. The molecule has 0 aliphatic rings. The number of hydrogen-bond donors (Lipinski definition) is 1. The lowest BCUT2D eigenvalue weighted by molar-refractivity contribution is -0.117. The molecule has 0 radical (unpaired) electrons. The molecule has 0 spiro atoms. The van der Waals surface area contributed by atoms with Crippen LogP contribution in [0.5, 0.6) is 11.5 Å². The molecule has 0 saturated heterocycles. The maximum absolute atomic E-state index is 13.0. The van der Waals surface area contributed by atoms with E-state index in [0.29, 0.717) is 36.9 Å². The van der Waals surface area contributed by atoms with E-state index < -0.39 is 0 Å². The van der Waals surface area contributed by atoms with Gasteiger partial charge >= 0.3 is 0 Å². The van der Waals surface area contributed by atoms with Crippen LogP contribution in [0.25, 0.3) is 0 Å². The molecule has 1 N–H and O–H groups in total. The van der Waals surface area contributed by atoms with E-state index >= 15 is 0 Å². The van der Waals surface area contributed by atoms with Gasteiger partial charge in [-0.2, -0.15) is 0 Å². The summed E-state index contributed by atoms with van der Waals surface area (Å²) in [6.07, 6.45) is 0. The Kier molecular flexibility index (Phi) is 7.75. The van der Waals surface area contributed by atoms with Gasteiger partial charge in [-0.1, -0.05) is 19.1 Å². The Morgan fingerprint density at radius 2 is 1.97 bits per heavy atom. The number of methoxy groups -OCH3 is 1. The van der Waals surface area contributed by atoms with Crippen molar-refractivity contribution in [2.24, 2.45) is 0 Å². The van der Waals surface area contributed by atoms with Crippen molar-refractivity contribution < 1.29 is 18.7 Å². The average Bonchev–Trinajstić information content (AvgIpc) is 3.20. The summed E-state index contributed by atoms with van der Waals surface area (Å²) in [5.41, 5.74) is 1.53. The summed E-state index contributed by atoms with van der Waals surface area (Å²) in [4.78, 5) is 19.0. The molecule has 1 aromatic heterocycles. The second kappa shape index (κ2) is 10.7. The Bertz CT molecular complexity index is 962. The predicted molar refractivity (Wildman–Crippen MR) is 115 cm³/mol. The molecule has 0 aliphatic carbocycles. The van der Waals surface area contributed by atoms with E-state index in [1.165, 1.54) is 23.5 Å². The van der Waals surface area contributed by atoms with E-state index in [0.717, 1.165) is 10.7 Å². The molecule has 6 nitrogen and oxygen atoms in total. The fourth-order valence-electron chi connectivity index (χ4n) is 2.81. The summed E-state index contributed by atoms with van der Waals surface area (Å²) in [5, 5.41) is 5.68. The van der Waals surface area contributed by atoms with E-state index in [1.807, 2.05) is 29.3 Å². The third-order valence-corrected chi connectivity index (χ3v) is 5.23. The summed E-state index contributed by atoms with van der Waals surface area (Å²) in [6, 6.07) is 13.2. The number of nitrogens with zero attached hydrogens (tertiary/aromatic N) is 2. The first-order chi connectivity index (χ1) is 14.6. The third kappa shape index (κ3) is 6.27. The molecule has 0 saturated carbocycles. The number of amides is 1. The molecule has 8 heteroatoms. The molecule has 3 rings (SSSR count). The summed E-state index contributed by atoms with van der Waals surface area (Å²) in [6.45, 7) is 3.83. The van der Waals surface area contributed by atoms with Crippen LogP contribution in [0.2, 0.25) is 0 Å². The number of rotatable bonds is 10. The molecule has 0 fully saturated rings. The molecule has 1 amide bonds. The van der Waals surface area contributed by atoms with Crippen LogP contribution in [0.15, 0.2) is 53.9 Å². The molecular formula is C22H24FN3O3S. The lowest BCUT2D eigenvalue weighted by Gasteiger charge is -2.19. The molecule has 0 unspecified atom stereocenters. The zero-order valence-corrected chi connectivity index (χ0v) is 17.7. The zero-order chi connectivity index (χ0) is 21.3. The normalized spacial score (nSPS) is 10.8. The van der Waals surface area contributed by atoms with Gasteiger partial charge in [-0.15, -0.1) is 11.3 Å². The molecule has 0 bridgehead atoms. The summed E-state index contributed by atoms with van der Waals surface area (Å²) in [7, 11) is 1.57. The largest absolute Gasteiger partial charge is 0.495 e. The van der Waals surface area contributed by atoms with E-state index in [2.05, 4.69) is 10.3 Å². The van der Waals surface area contributed by atoms with E-state index in [1.54, 1.807) is 31.4 Å². The van der Waals surface area contributed by atoms with Crippen LogP contribution in [-0.2, 0) is 17.9 Å². The number of aromatic nitrogens is 1. The van der Waals surface area contributed by atoms with E-state index in [9.17, 15) is 9.18 Å². The van der Waals surface area contributed by atoms with Crippen LogP contribution in [0.3, 0.4) is 0 Å². The minimum absolute atomic E-state index is 0.114. The Balaban J connectivity index is 1.51. The quantitative estimate of drug-likeness (QED) is 0.520. The molecule has 1 heterocycles. The summed E-state index contributed by atoms with van der Waals surface area (Å²) in [5.74, 6) is 0.806. The SMILES string of the molecule is CCN(CC(=O)Nc1ccccc1OC)Cc1csc(COc2ccc(F)cc2)n1. The van der Waals surface area contributed by atoms with Crippen molar-refractivity contribution in [1.29, 1.82) is 0 Å². The van der Waals surface area contributed by atoms with Gasteiger partial charge in [0, 0.05) is 11.9 Å². The number of carbonyl (C=O) groups excluding carboxylic acids is 1. The van der Waals surface area contributed by atoms with Crippen molar-refractivity contribution in [3.05, 3.63) is 70.4 Å². The molecule has 158 valence electrons. The Labute approximate surface area is 179 Å². The molecule has 2 aromatic carbocycles. The second-order valence-electron chi connectivity index (χ2n) is 6.53. The minimum Gasteiger partial charge on any atom is -0.495 e. The predicted octanol–water partition coefficient (Wildman–Crippen LogP) is 4.33. The molecular weight excluding hydrogens is 405 g/mol. The number of benzene rings is 2. The number of nitrogens with one attached hydrogen (secondary N) is 1. The smallest absolute Gasteiger partial charge is 0.238 e. The number of halogens is 1. The lowest BCUT2D eigenvalue weighted by atomic mass is 10.3. The van der Waals surface area contributed by atoms with Crippen molar-refractivity contribution in [3.63, 3.8) is 0 Å². The Morgan fingerprint density at radius 3 is 2.70 bits per heavy atom. The number of anilines is 1. The maximum Gasteiger partial charge on any atom is 0.238 e. The number of para-hydroxylation sites is 2. The monoisotopic (exact) mass is 429 g/mol. The van der Waals surface area contributed by atoms with E-state index in [-0.39, 0.29) is 18.3 Å². The second-order valence-corrected chi connectivity index (χ2v) is 7.47. The van der Waals surface area contributed by atoms with Gasteiger partial charge in [0.2, 0.25) is 5.91 Å². The van der Waals surface area contributed by atoms with Gasteiger partial charge in [0.25, 0.3) is 0 Å². The number of hydrogen-bond acceptors (Lipinski definition) is 6. The highest BCUT2D eigenvalue weighted by Crippen LogP contribution is 2.23. The van der Waals surface area contributed by atoms with Crippen LogP contribution < -0.4 is 14.8 Å². The molecule has 0 aliphatic heterocycles. The van der Waals surface area contributed by atoms with Crippen LogP contribution in [0, 0.1) is 5.82 Å². The Morgan fingerprint density at radius 1 is 1.20 bits per heavy atom. The molecule has 30 heavy (non-hydrogen) atoms. The van der Waals surface area contributed by atoms with Crippen LogP contribution >= 0.6 is 11.3 Å². The topological polar surface area (TPSA) is 63.7 Å². The van der Waals surface area contributed by atoms with Gasteiger partial charge in [0.1, 0.15) is 28.9 Å². The minimum atomic E-state index is -0.298. The van der Waals surface area contributed by atoms with Gasteiger partial charge in [-0.05, 0) is 42.9 Å². The van der Waals surface area contributed by atoms with Gasteiger partial charge in [-0.3, -0.25) is 9.69 Å². The first-order valence-corrected chi connectivity index (χ1v) is 10.4. The zero-order valence-electron chi connectivity index (χ0n) is 16.9. The van der Waals surface area contributed by atoms with Crippen LogP contribution in [0.1, 0.15) is 17.6 Å². The van der Waals surface area contributed by atoms with Crippen LogP contribution in [0.4, 0.5) is 10.1 Å². The van der Waals surface area contributed by atoms with Gasteiger partial charge in [0.15, 0.2) is 0 Å². The Hall–Kier alpha value is -2.97. The van der Waals surface area contributed by atoms with Crippen molar-refractivity contribution in [1.82, 2.24) is 9.88 Å². The summed E-state index contributed by atoms with van der Waals surface area (Å²) < 4.78 is 23.9. The van der Waals surface area contributed by atoms with E-state index in [4.69, 9.17) is 9.47 Å². The number of ether oxygens (including phenoxy) is 2. The highest BCUT2D eigenvalue weighted by Gasteiger charge is 2.13. The van der Waals surface area contributed by atoms with Crippen molar-refractivity contribution in [2.45, 2.75) is 20.1 Å². The number of thiazole rings is 1. The lowest BCUT2D eigenvalue weighted by Crippen LogP contribution is -2.33. The summed E-state index contributed by atoms with van der Waals surface area (Å²) >= 11 is 1.50. The molecule has 0 atom stereocenters. The van der Waals surface area contributed by atoms with Gasteiger partial charge in [-0.25, -0.2) is 9.37 Å². The fraction of sp³-hybridized carbons (Fsp3) is 0.273. The highest BCUT2D eigenvalue weighted by molar-refractivity contribution is 7.09.